The lowest BCUT2D eigenvalue weighted by atomic mass is 10.1. The quantitative estimate of drug-likeness (QED) is 0.687. The molecule has 94 valence electrons. The molecule has 17 heavy (non-hydrogen) atoms. The van der Waals surface area contributed by atoms with Gasteiger partial charge >= 0.3 is 0 Å². The van der Waals surface area contributed by atoms with E-state index in [1.54, 1.807) is 0 Å². The number of rotatable bonds is 2. The highest BCUT2D eigenvalue weighted by molar-refractivity contribution is 9.10. The maximum atomic E-state index is 3.59. The van der Waals surface area contributed by atoms with Crippen LogP contribution >= 0.6 is 43.6 Å². The van der Waals surface area contributed by atoms with Gasteiger partial charge in [-0.25, -0.2) is 0 Å². The third-order valence-electron chi connectivity index (χ3n) is 3.38. The predicted octanol–water partition coefficient (Wildman–Crippen LogP) is 4.67. The second kappa shape index (κ2) is 5.98. The van der Waals surface area contributed by atoms with Crippen LogP contribution in [-0.2, 0) is 5.33 Å². The molecule has 1 aromatic rings. The van der Waals surface area contributed by atoms with E-state index in [1.165, 1.54) is 17.0 Å². The first-order chi connectivity index (χ1) is 8.13. The van der Waals surface area contributed by atoms with Crippen LogP contribution in [0.1, 0.15) is 19.4 Å². The van der Waals surface area contributed by atoms with Crippen molar-refractivity contribution in [2.45, 2.75) is 30.5 Å². The number of benzene rings is 1. The van der Waals surface area contributed by atoms with E-state index < -0.39 is 0 Å². The van der Waals surface area contributed by atoms with Gasteiger partial charge in [0.2, 0.25) is 0 Å². The van der Waals surface area contributed by atoms with Gasteiger partial charge in [-0.2, -0.15) is 11.8 Å². The maximum absolute atomic E-state index is 3.59. The highest BCUT2D eigenvalue weighted by Crippen LogP contribution is 2.33. The summed E-state index contributed by atoms with van der Waals surface area (Å²) in [5.74, 6) is 1.23. The van der Waals surface area contributed by atoms with Crippen molar-refractivity contribution >= 4 is 49.3 Å². The fraction of sp³-hybridized carbons (Fsp3) is 0.538. The molecule has 1 fully saturated rings. The molecule has 1 saturated heterocycles. The number of alkyl halides is 1. The van der Waals surface area contributed by atoms with Crippen LogP contribution in [0.5, 0.6) is 0 Å². The summed E-state index contributed by atoms with van der Waals surface area (Å²) < 4.78 is 1.16. The van der Waals surface area contributed by atoms with Gasteiger partial charge < -0.3 is 4.90 Å². The summed E-state index contributed by atoms with van der Waals surface area (Å²) in [5.41, 5.74) is 2.75. The van der Waals surface area contributed by atoms with Crippen LogP contribution in [-0.4, -0.2) is 23.6 Å². The monoisotopic (exact) mass is 377 g/mol. The van der Waals surface area contributed by atoms with Gasteiger partial charge in [-0.15, -0.1) is 0 Å². The summed E-state index contributed by atoms with van der Waals surface area (Å²) in [5, 5.41) is 1.61. The van der Waals surface area contributed by atoms with Crippen molar-refractivity contribution in [1.82, 2.24) is 0 Å². The number of hydrogen-bond acceptors (Lipinski definition) is 2. The first-order valence-electron chi connectivity index (χ1n) is 5.86. The lowest BCUT2D eigenvalue weighted by Crippen LogP contribution is -2.45. The lowest BCUT2D eigenvalue weighted by molar-refractivity contribution is 0.626. The summed E-state index contributed by atoms with van der Waals surface area (Å²) in [6.45, 7) is 5.81. The molecule has 2 rings (SSSR count). The number of anilines is 1. The number of hydrogen-bond donors (Lipinski definition) is 0. The normalized spacial score (nSPS) is 25.1. The molecule has 0 saturated carbocycles. The minimum absolute atomic E-state index is 0.604. The van der Waals surface area contributed by atoms with Gasteiger partial charge in [0.1, 0.15) is 0 Å². The van der Waals surface area contributed by atoms with Crippen molar-refractivity contribution in [3.05, 3.63) is 28.2 Å². The fourth-order valence-corrected chi connectivity index (χ4v) is 4.17. The highest BCUT2D eigenvalue weighted by Gasteiger charge is 2.26. The van der Waals surface area contributed by atoms with Crippen LogP contribution in [0.2, 0.25) is 0 Å². The molecule has 1 nitrogen and oxygen atoms in total. The van der Waals surface area contributed by atoms with Crippen molar-refractivity contribution in [3.8, 4) is 0 Å². The molecule has 0 aliphatic carbocycles. The highest BCUT2D eigenvalue weighted by atomic mass is 79.9. The zero-order valence-corrected chi connectivity index (χ0v) is 14.1. The lowest BCUT2D eigenvalue weighted by Gasteiger charge is -2.40. The zero-order chi connectivity index (χ0) is 12.4. The molecule has 1 aliphatic heterocycles. The van der Waals surface area contributed by atoms with Crippen LogP contribution in [0.4, 0.5) is 5.69 Å². The smallest absolute Gasteiger partial charge is 0.0411 e. The Kier molecular flexibility index (Phi) is 4.84. The third kappa shape index (κ3) is 3.02. The molecule has 0 N–H and O–H groups in total. The Morgan fingerprint density at radius 3 is 2.88 bits per heavy atom. The Labute approximate surface area is 125 Å². The van der Waals surface area contributed by atoms with Crippen molar-refractivity contribution in [2.75, 3.05) is 17.2 Å². The van der Waals surface area contributed by atoms with Gasteiger partial charge in [0.05, 0.1) is 0 Å². The van der Waals surface area contributed by atoms with Crippen molar-refractivity contribution in [1.29, 1.82) is 0 Å². The van der Waals surface area contributed by atoms with E-state index in [9.17, 15) is 0 Å². The van der Waals surface area contributed by atoms with E-state index in [0.717, 1.165) is 16.3 Å². The molecule has 4 heteroatoms. The van der Waals surface area contributed by atoms with Crippen LogP contribution in [0, 0.1) is 0 Å². The van der Waals surface area contributed by atoms with Gasteiger partial charge in [0, 0.05) is 39.1 Å². The molecule has 2 unspecified atom stereocenters. The van der Waals surface area contributed by atoms with E-state index >= 15 is 0 Å². The first kappa shape index (κ1) is 13.8. The fourth-order valence-electron chi connectivity index (χ4n) is 2.21. The van der Waals surface area contributed by atoms with E-state index in [0.29, 0.717) is 11.3 Å². The standard InChI is InChI=1S/C13H17Br2NS/c1-9-10(2)17-6-5-16(9)13-4-3-12(15)7-11(13)8-14/h3-4,7,9-10H,5-6,8H2,1-2H3. The molecular weight excluding hydrogens is 362 g/mol. The minimum Gasteiger partial charge on any atom is -0.367 e. The van der Waals surface area contributed by atoms with E-state index in [2.05, 4.69) is 80.6 Å². The Morgan fingerprint density at radius 2 is 2.18 bits per heavy atom. The van der Waals surface area contributed by atoms with Crippen molar-refractivity contribution < 1.29 is 0 Å². The van der Waals surface area contributed by atoms with Crippen LogP contribution in [0.15, 0.2) is 22.7 Å². The Balaban J connectivity index is 2.32. The van der Waals surface area contributed by atoms with E-state index in [1.807, 2.05) is 0 Å². The van der Waals surface area contributed by atoms with Crippen LogP contribution in [0.25, 0.3) is 0 Å². The Morgan fingerprint density at radius 1 is 1.41 bits per heavy atom. The summed E-state index contributed by atoms with van der Waals surface area (Å²) in [6, 6.07) is 7.19. The molecule has 0 radical (unpaired) electrons. The molecule has 0 amide bonds. The van der Waals surface area contributed by atoms with Crippen LogP contribution in [0.3, 0.4) is 0 Å². The molecule has 1 aliphatic rings. The van der Waals surface area contributed by atoms with Gasteiger partial charge in [-0.3, -0.25) is 0 Å². The third-order valence-corrected chi connectivity index (χ3v) is 5.81. The molecule has 1 heterocycles. The molecule has 0 spiro atoms. The first-order valence-corrected chi connectivity index (χ1v) is 8.82. The summed E-state index contributed by atoms with van der Waals surface area (Å²) in [4.78, 5) is 2.55. The van der Waals surface area contributed by atoms with Crippen molar-refractivity contribution in [2.24, 2.45) is 0 Å². The minimum atomic E-state index is 0.604. The molecule has 0 aromatic heterocycles. The summed E-state index contributed by atoms with van der Waals surface area (Å²) in [7, 11) is 0. The maximum Gasteiger partial charge on any atom is 0.0411 e. The molecular formula is C13H17Br2NS. The van der Waals surface area contributed by atoms with E-state index in [4.69, 9.17) is 0 Å². The van der Waals surface area contributed by atoms with Crippen LogP contribution < -0.4 is 4.90 Å². The second-order valence-electron chi connectivity index (χ2n) is 4.42. The summed E-state index contributed by atoms with van der Waals surface area (Å²) >= 11 is 9.21. The van der Waals surface area contributed by atoms with Gasteiger partial charge in [-0.05, 0) is 30.7 Å². The largest absolute Gasteiger partial charge is 0.367 e. The molecule has 1 aromatic carbocycles. The average molecular weight is 379 g/mol. The van der Waals surface area contributed by atoms with Gasteiger partial charge in [0.15, 0.2) is 0 Å². The molecule has 2 atom stereocenters. The topological polar surface area (TPSA) is 3.24 Å². The SMILES string of the molecule is CC1SCCN(c2ccc(Br)cc2CBr)C1C. The number of thioether (sulfide) groups is 1. The van der Waals surface area contributed by atoms with E-state index in [-0.39, 0.29) is 0 Å². The average Bonchev–Trinajstić information content (AvgIpc) is 2.33. The summed E-state index contributed by atoms with van der Waals surface area (Å²) in [6.07, 6.45) is 0. The van der Waals surface area contributed by atoms with Crippen molar-refractivity contribution in [3.63, 3.8) is 0 Å². The van der Waals surface area contributed by atoms with Gasteiger partial charge in [-0.1, -0.05) is 38.8 Å². The van der Waals surface area contributed by atoms with Gasteiger partial charge in [0.25, 0.3) is 0 Å². The zero-order valence-electron chi connectivity index (χ0n) is 10.1. The number of nitrogens with zero attached hydrogens (tertiary/aromatic N) is 1. The number of halogens is 2. The molecule has 0 bridgehead atoms. The Bertz CT molecular complexity index is 397. The Hall–Kier alpha value is 0.330. The predicted molar refractivity (Wildman–Crippen MR) is 85.5 cm³/mol. The second-order valence-corrected chi connectivity index (χ2v) is 7.38.